The third kappa shape index (κ3) is 4.28. The molecule has 0 amide bonds. The quantitative estimate of drug-likeness (QED) is 0.855. The lowest BCUT2D eigenvalue weighted by Gasteiger charge is -2.34. The van der Waals surface area contributed by atoms with Crippen molar-refractivity contribution in [1.29, 1.82) is 0 Å². The van der Waals surface area contributed by atoms with E-state index in [0.717, 1.165) is 16.3 Å². The molecule has 0 bridgehead atoms. The number of rotatable bonds is 4. The molecule has 19 heavy (non-hydrogen) atoms. The normalized spacial score (nSPS) is 31.1. The summed E-state index contributed by atoms with van der Waals surface area (Å²) >= 11 is 5.23. The Morgan fingerprint density at radius 2 is 1.95 bits per heavy atom. The molecule has 1 saturated carbocycles. The summed E-state index contributed by atoms with van der Waals surface area (Å²) in [5.74, 6) is 1.52. The monoisotopic (exact) mass is 345 g/mol. The molecule has 2 nitrogen and oxygen atoms in total. The smallest absolute Gasteiger partial charge is 0.107 e. The second-order valence-electron chi connectivity index (χ2n) is 6.12. The molecule has 0 radical (unpaired) electrons. The fourth-order valence-corrected chi connectivity index (χ4v) is 4.71. The minimum Gasteiger partial charge on any atom is -0.368 e. The van der Waals surface area contributed by atoms with Gasteiger partial charge in [-0.3, -0.25) is 0 Å². The first kappa shape index (κ1) is 15.5. The summed E-state index contributed by atoms with van der Waals surface area (Å²) in [5, 5.41) is 2.10. The Bertz CT molecular complexity index is 397. The van der Waals surface area contributed by atoms with E-state index in [2.05, 4.69) is 41.2 Å². The predicted molar refractivity (Wildman–Crippen MR) is 85.5 cm³/mol. The third-order valence-electron chi connectivity index (χ3n) is 3.82. The van der Waals surface area contributed by atoms with Gasteiger partial charge in [-0.1, -0.05) is 13.8 Å². The summed E-state index contributed by atoms with van der Waals surface area (Å²) in [5.41, 5.74) is 6.13. The highest BCUT2D eigenvalue weighted by Crippen LogP contribution is 2.36. The molecule has 2 N–H and O–H groups in total. The Labute approximate surface area is 128 Å². The second kappa shape index (κ2) is 6.70. The number of thiophene rings is 1. The van der Waals surface area contributed by atoms with Gasteiger partial charge in [-0.25, -0.2) is 0 Å². The number of hydrogen-bond donors (Lipinski definition) is 1. The van der Waals surface area contributed by atoms with Gasteiger partial charge in [0.05, 0.1) is 6.10 Å². The van der Waals surface area contributed by atoms with E-state index in [-0.39, 0.29) is 12.1 Å². The average Bonchev–Trinajstić information content (AvgIpc) is 2.70. The van der Waals surface area contributed by atoms with Gasteiger partial charge in [-0.05, 0) is 60.0 Å². The van der Waals surface area contributed by atoms with Gasteiger partial charge in [0.1, 0.15) is 6.10 Å². The van der Waals surface area contributed by atoms with E-state index in [0.29, 0.717) is 6.10 Å². The number of nitrogens with two attached hydrogens (primary N) is 1. The molecule has 1 fully saturated rings. The summed E-state index contributed by atoms with van der Waals surface area (Å²) in [4.78, 5) is 1.23. The molecule has 1 aliphatic rings. The van der Waals surface area contributed by atoms with Crippen molar-refractivity contribution in [1.82, 2.24) is 0 Å². The van der Waals surface area contributed by atoms with Crippen molar-refractivity contribution in [3.63, 3.8) is 0 Å². The van der Waals surface area contributed by atoms with Crippen molar-refractivity contribution in [2.45, 2.75) is 58.3 Å². The second-order valence-corrected chi connectivity index (χ2v) is 7.98. The van der Waals surface area contributed by atoms with Crippen LogP contribution in [0.15, 0.2) is 15.9 Å². The molecule has 108 valence electrons. The van der Waals surface area contributed by atoms with Crippen LogP contribution in [-0.2, 0) is 4.74 Å². The van der Waals surface area contributed by atoms with Crippen LogP contribution >= 0.6 is 27.3 Å². The standard InChI is InChI=1S/C15H24BrNOS/c1-9-4-10(2)6-13(5-9)18-15(11(3)17)14-7-12(16)8-19-14/h7-11,13,15H,4-6,17H2,1-3H3. The maximum atomic E-state index is 6.36. The van der Waals surface area contributed by atoms with Crippen LogP contribution in [-0.4, -0.2) is 12.1 Å². The first-order chi connectivity index (χ1) is 8.95. The van der Waals surface area contributed by atoms with Gasteiger partial charge < -0.3 is 10.5 Å². The minimum absolute atomic E-state index is 0.0260. The van der Waals surface area contributed by atoms with Gasteiger partial charge in [-0.15, -0.1) is 11.3 Å². The highest BCUT2D eigenvalue weighted by molar-refractivity contribution is 9.10. The molecule has 2 rings (SSSR count). The van der Waals surface area contributed by atoms with E-state index in [9.17, 15) is 0 Å². The van der Waals surface area contributed by atoms with Gasteiger partial charge in [0, 0.05) is 20.8 Å². The summed E-state index contributed by atoms with van der Waals surface area (Å²) < 4.78 is 7.48. The molecule has 4 unspecified atom stereocenters. The van der Waals surface area contributed by atoms with Gasteiger partial charge in [0.2, 0.25) is 0 Å². The van der Waals surface area contributed by atoms with Crippen LogP contribution in [0.3, 0.4) is 0 Å². The zero-order chi connectivity index (χ0) is 14.0. The van der Waals surface area contributed by atoms with Crippen LogP contribution in [0.5, 0.6) is 0 Å². The zero-order valence-electron chi connectivity index (χ0n) is 11.9. The Morgan fingerprint density at radius 3 is 2.42 bits per heavy atom. The first-order valence-corrected chi connectivity index (χ1v) is 8.78. The molecule has 4 heteroatoms. The highest BCUT2D eigenvalue weighted by Gasteiger charge is 2.29. The van der Waals surface area contributed by atoms with Gasteiger partial charge in [0.25, 0.3) is 0 Å². The van der Waals surface area contributed by atoms with Crippen LogP contribution in [0, 0.1) is 11.8 Å². The number of hydrogen-bond acceptors (Lipinski definition) is 3. The van der Waals surface area contributed by atoms with Crippen LogP contribution in [0.25, 0.3) is 0 Å². The summed E-state index contributed by atoms with van der Waals surface area (Å²) in [6.07, 6.45) is 4.04. The van der Waals surface area contributed by atoms with Gasteiger partial charge in [-0.2, -0.15) is 0 Å². The molecule has 1 aromatic rings. The van der Waals surface area contributed by atoms with E-state index < -0.39 is 0 Å². The Kier molecular flexibility index (Phi) is 5.46. The Morgan fingerprint density at radius 1 is 1.32 bits per heavy atom. The van der Waals surface area contributed by atoms with Crippen LogP contribution in [0.2, 0.25) is 0 Å². The Balaban J connectivity index is 2.04. The highest BCUT2D eigenvalue weighted by atomic mass is 79.9. The lowest BCUT2D eigenvalue weighted by atomic mass is 9.81. The molecular formula is C15H24BrNOS. The van der Waals surface area contributed by atoms with Crippen LogP contribution < -0.4 is 5.73 Å². The molecule has 0 aromatic carbocycles. The molecule has 4 atom stereocenters. The van der Waals surface area contributed by atoms with Crippen LogP contribution in [0.1, 0.15) is 51.0 Å². The molecule has 0 saturated heterocycles. The maximum Gasteiger partial charge on any atom is 0.107 e. The maximum absolute atomic E-state index is 6.36. The van der Waals surface area contributed by atoms with E-state index in [1.807, 2.05) is 6.92 Å². The lowest BCUT2D eigenvalue weighted by Crippen LogP contribution is -2.33. The predicted octanol–water partition coefficient (Wildman–Crippen LogP) is 4.74. The fraction of sp³-hybridized carbons (Fsp3) is 0.733. The molecule has 0 spiro atoms. The first-order valence-electron chi connectivity index (χ1n) is 7.10. The van der Waals surface area contributed by atoms with E-state index >= 15 is 0 Å². The summed E-state index contributed by atoms with van der Waals surface area (Å²) in [6, 6.07) is 2.16. The zero-order valence-corrected chi connectivity index (χ0v) is 14.3. The SMILES string of the molecule is CC1CC(C)CC(OC(c2cc(Br)cs2)C(C)N)C1. The van der Waals surface area contributed by atoms with Gasteiger partial charge in [0.15, 0.2) is 0 Å². The molecule has 0 aliphatic heterocycles. The van der Waals surface area contributed by atoms with Crippen molar-refractivity contribution in [2.24, 2.45) is 17.6 Å². The van der Waals surface area contributed by atoms with Crippen LogP contribution in [0.4, 0.5) is 0 Å². The van der Waals surface area contributed by atoms with Gasteiger partial charge >= 0.3 is 0 Å². The molecule has 1 heterocycles. The average molecular weight is 346 g/mol. The number of ether oxygens (including phenoxy) is 1. The van der Waals surface area contributed by atoms with Crippen molar-refractivity contribution in [3.8, 4) is 0 Å². The van der Waals surface area contributed by atoms with E-state index in [1.165, 1.54) is 24.1 Å². The minimum atomic E-state index is 0.0260. The summed E-state index contributed by atoms with van der Waals surface area (Å²) in [7, 11) is 0. The van der Waals surface area contributed by atoms with Crippen molar-refractivity contribution >= 4 is 27.3 Å². The fourth-order valence-electron chi connectivity index (χ4n) is 3.12. The summed E-state index contributed by atoms with van der Waals surface area (Å²) in [6.45, 7) is 6.69. The molecule has 1 aromatic heterocycles. The van der Waals surface area contributed by atoms with Crippen molar-refractivity contribution in [2.75, 3.05) is 0 Å². The lowest BCUT2D eigenvalue weighted by molar-refractivity contribution is -0.0570. The largest absolute Gasteiger partial charge is 0.368 e. The van der Waals surface area contributed by atoms with E-state index in [1.54, 1.807) is 11.3 Å². The van der Waals surface area contributed by atoms with Crippen molar-refractivity contribution in [3.05, 3.63) is 20.8 Å². The molecule has 1 aliphatic carbocycles. The van der Waals surface area contributed by atoms with E-state index in [4.69, 9.17) is 10.5 Å². The van der Waals surface area contributed by atoms with Crippen molar-refractivity contribution < 1.29 is 4.74 Å². The molecular weight excluding hydrogens is 322 g/mol. The topological polar surface area (TPSA) is 35.2 Å². The Hall–Kier alpha value is 0.1000. The number of halogens is 1. The third-order valence-corrected chi connectivity index (χ3v) is 5.58.